The van der Waals surface area contributed by atoms with Gasteiger partial charge in [0.1, 0.15) is 12.0 Å². The van der Waals surface area contributed by atoms with Gasteiger partial charge >= 0.3 is 5.97 Å². The molecule has 0 bridgehead atoms. The minimum absolute atomic E-state index is 0.0111. The Hall–Kier alpha value is -3.24. The van der Waals surface area contributed by atoms with Gasteiger partial charge in [0.25, 0.3) is 0 Å². The van der Waals surface area contributed by atoms with E-state index in [9.17, 15) is 19.2 Å². The summed E-state index contributed by atoms with van der Waals surface area (Å²) in [5.74, 6) is -3.19. The summed E-state index contributed by atoms with van der Waals surface area (Å²) in [6, 6.07) is 9.23. The van der Waals surface area contributed by atoms with Gasteiger partial charge in [-0.1, -0.05) is 36.4 Å². The van der Waals surface area contributed by atoms with Crippen LogP contribution in [0, 0.1) is 5.92 Å². The van der Waals surface area contributed by atoms with Crippen molar-refractivity contribution < 1.29 is 28.7 Å². The number of benzene rings is 1. The van der Waals surface area contributed by atoms with E-state index >= 15 is 0 Å². The number of hydrogen-bond donors (Lipinski definition) is 3. The molecule has 2 aliphatic rings. The summed E-state index contributed by atoms with van der Waals surface area (Å²) in [5, 5.41) is 6.02. The van der Waals surface area contributed by atoms with Gasteiger partial charge in [-0.25, -0.2) is 0 Å². The van der Waals surface area contributed by atoms with Crippen LogP contribution in [0.15, 0.2) is 42.0 Å². The van der Waals surface area contributed by atoms with Crippen LogP contribution in [0.5, 0.6) is 0 Å². The number of cyclic esters (lactones) is 1. The Kier molecular flexibility index (Phi) is 8.56. The van der Waals surface area contributed by atoms with Crippen molar-refractivity contribution in [3.05, 3.63) is 47.5 Å². The first kappa shape index (κ1) is 24.4. The minimum atomic E-state index is -1.03. The first-order valence-corrected chi connectivity index (χ1v) is 11.0. The van der Waals surface area contributed by atoms with E-state index in [-0.39, 0.29) is 25.9 Å². The molecule has 1 aromatic rings. The van der Waals surface area contributed by atoms with Crippen LogP contribution in [0.2, 0.25) is 0 Å². The first-order valence-electron chi connectivity index (χ1n) is 11.0. The van der Waals surface area contributed by atoms with E-state index in [1.165, 1.54) is 4.90 Å². The number of carbonyl (C=O) groups is 4. The summed E-state index contributed by atoms with van der Waals surface area (Å²) in [6.45, 7) is 3.11. The lowest BCUT2D eigenvalue weighted by Crippen LogP contribution is -2.49. The summed E-state index contributed by atoms with van der Waals surface area (Å²) in [7, 11) is 0. The molecule has 0 radical (unpaired) electrons. The zero-order valence-electron chi connectivity index (χ0n) is 18.6. The van der Waals surface area contributed by atoms with Gasteiger partial charge in [0, 0.05) is 26.2 Å². The number of amides is 3. The number of nitrogens with zero attached hydrogens (tertiary/aromatic N) is 1. The maximum absolute atomic E-state index is 12.9. The Morgan fingerprint density at radius 2 is 1.97 bits per heavy atom. The Morgan fingerprint density at radius 3 is 2.67 bits per heavy atom. The monoisotopic (exact) mass is 458 g/mol. The fourth-order valence-electron chi connectivity index (χ4n) is 3.85. The Labute approximate surface area is 192 Å². The summed E-state index contributed by atoms with van der Waals surface area (Å²) in [5.41, 5.74) is 7.43. The van der Waals surface area contributed by atoms with Crippen molar-refractivity contribution in [3.63, 3.8) is 0 Å². The molecule has 4 N–H and O–H groups in total. The number of nitrogens with one attached hydrogen (secondary N) is 2. The molecule has 3 unspecified atom stereocenters. The molecule has 10 heteroatoms. The molecule has 3 rings (SSSR count). The highest BCUT2D eigenvalue weighted by atomic mass is 16.7. The summed E-state index contributed by atoms with van der Waals surface area (Å²) in [4.78, 5) is 50.3. The fourth-order valence-corrected chi connectivity index (χ4v) is 3.85. The first-order chi connectivity index (χ1) is 15.9. The van der Waals surface area contributed by atoms with Gasteiger partial charge in [-0.2, -0.15) is 0 Å². The average Bonchev–Trinajstić information content (AvgIpc) is 3.03. The van der Waals surface area contributed by atoms with Crippen LogP contribution in [-0.2, 0) is 35.2 Å². The second-order valence-corrected chi connectivity index (χ2v) is 8.03. The maximum Gasteiger partial charge on any atom is 0.310 e. The molecule has 2 aliphatic heterocycles. The SMILES string of the molecule is CCOC1OC(=O)CC1NC(=O)CN1CC(CNCc2ccccc2)=CCC(C(N)=O)C1=O. The van der Waals surface area contributed by atoms with Gasteiger partial charge in [-0.05, 0) is 24.5 Å². The van der Waals surface area contributed by atoms with Gasteiger partial charge < -0.3 is 30.7 Å². The Balaban J connectivity index is 1.62. The summed E-state index contributed by atoms with van der Waals surface area (Å²) < 4.78 is 10.4. The van der Waals surface area contributed by atoms with Crippen LogP contribution in [0.1, 0.15) is 25.3 Å². The third-order valence-corrected chi connectivity index (χ3v) is 5.49. The van der Waals surface area contributed by atoms with Gasteiger partial charge in [0.05, 0.1) is 13.0 Å². The second-order valence-electron chi connectivity index (χ2n) is 8.03. The summed E-state index contributed by atoms with van der Waals surface area (Å²) in [6.07, 6.45) is 1.15. The van der Waals surface area contributed by atoms with Crippen molar-refractivity contribution in [2.75, 3.05) is 26.2 Å². The number of primary amides is 1. The van der Waals surface area contributed by atoms with Gasteiger partial charge in [0.15, 0.2) is 0 Å². The molecule has 0 saturated carbocycles. The molecule has 178 valence electrons. The van der Waals surface area contributed by atoms with E-state index in [0.717, 1.165) is 11.1 Å². The molecule has 2 heterocycles. The van der Waals surface area contributed by atoms with Crippen LogP contribution in [-0.4, -0.2) is 67.2 Å². The Bertz CT molecular complexity index is 903. The van der Waals surface area contributed by atoms with Crippen molar-refractivity contribution in [2.24, 2.45) is 11.7 Å². The molecule has 0 aliphatic carbocycles. The van der Waals surface area contributed by atoms with Crippen LogP contribution in [0.3, 0.4) is 0 Å². The van der Waals surface area contributed by atoms with Crippen LogP contribution < -0.4 is 16.4 Å². The predicted octanol–water partition coefficient (Wildman–Crippen LogP) is -0.169. The normalized spacial score (nSPS) is 23.0. The molecular weight excluding hydrogens is 428 g/mol. The number of rotatable bonds is 10. The molecule has 0 spiro atoms. The number of allylic oxidation sites excluding steroid dienone is 1. The van der Waals surface area contributed by atoms with E-state index in [2.05, 4.69) is 10.6 Å². The molecule has 3 amide bonds. The quantitative estimate of drug-likeness (QED) is 0.251. The lowest BCUT2D eigenvalue weighted by molar-refractivity contribution is -0.164. The number of ether oxygens (including phenoxy) is 2. The molecule has 1 aromatic carbocycles. The van der Waals surface area contributed by atoms with E-state index in [4.69, 9.17) is 15.2 Å². The molecular formula is C23H30N4O6. The Morgan fingerprint density at radius 1 is 1.21 bits per heavy atom. The fraction of sp³-hybridized carbons (Fsp3) is 0.478. The highest BCUT2D eigenvalue weighted by molar-refractivity contribution is 6.01. The lowest BCUT2D eigenvalue weighted by Gasteiger charge is -2.25. The van der Waals surface area contributed by atoms with Gasteiger partial charge in [0.2, 0.25) is 24.0 Å². The minimum Gasteiger partial charge on any atom is -0.433 e. The lowest BCUT2D eigenvalue weighted by atomic mass is 10.0. The van der Waals surface area contributed by atoms with Crippen LogP contribution in [0.25, 0.3) is 0 Å². The molecule has 3 atom stereocenters. The van der Waals surface area contributed by atoms with Crippen molar-refractivity contribution >= 4 is 23.7 Å². The zero-order valence-corrected chi connectivity index (χ0v) is 18.6. The smallest absolute Gasteiger partial charge is 0.310 e. The largest absolute Gasteiger partial charge is 0.433 e. The van der Waals surface area contributed by atoms with Crippen LogP contribution >= 0.6 is 0 Å². The van der Waals surface area contributed by atoms with E-state index in [1.807, 2.05) is 36.4 Å². The molecule has 1 fully saturated rings. The third-order valence-electron chi connectivity index (χ3n) is 5.49. The van der Waals surface area contributed by atoms with Crippen LogP contribution in [0.4, 0.5) is 0 Å². The highest BCUT2D eigenvalue weighted by Crippen LogP contribution is 2.19. The van der Waals surface area contributed by atoms with E-state index in [1.54, 1.807) is 6.92 Å². The molecule has 33 heavy (non-hydrogen) atoms. The number of carbonyl (C=O) groups excluding carboxylic acids is 4. The van der Waals surface area contributed by atoms with Crippen molar-refractivity contribution in [1.82, 2.24) is 15.5 Å². The van der Waals surface area contributed by atoms with Gasteiger partial charge in [-0.15, -0.1) is 0 Å². The van der Waals surface area contributed by atoms with Crippen molar-refractivity contribution in [2.45, 2.75) is 38.6 Å². The molecule has 1 saturated heterocycles. The topological polar surface area (TPSA) is 140 Å². The molecule has 10 nitrogen and oxygen atoms in total. The number of hydrogen-bond acceptors (Lipinski definition) is 7. The summed E-state index contributed by atoms with van der Waals surface area (Å²) >= 11 is 0. The van der Waals surface area contributed by atoms with E-state index < -0.39 is 41.9 Å². The van der Waals surface area contributed by atoms with Gasteiger partial charge in [-0.3, -0.25) is 19.2 Å². The van der Waals surface area contributed by atoms with Crippen molar-refractivity contribution in [3.8, 4) is 0 Å². The number of nitrogens with two attached hydrogens (primary N) is 1. The van der Waals surface area contributed by atoms with E-state index in [0.29, 0.717) is 19.7 Å². The predicted molar refractivity (Wildman–Crippen MR) is 118 cm³/mol. The average molecular weight is 459 g/mol. The molecule has 0 aromatic heterocycles. The highest BCUT2D eigenvalue weighted by Gasteiger charge is 2.38. The number of esters is 1. The zero-order chi connectivity index (χ0) is 23.8. The standard InChI is InChI=1S/C23H30N4O6/c1-2-32-23-18(10-20(29)33-23)26-19(28)14-27-13-16(8-9-17(21(24)30)22(27)31)12-25-11-15-6-4-3-5-7-15/h3-8,17-18,23,25H,2,9-14H2,1H3,(H2,24,30)(H,26,28). The third kappa shape index (κ3) is 6.87. The second kappa shape index (κ2) is 11.6. The maximum atomic E-state index is 12.9. The van der Waals surface area contributed by atoms with Crippen molar-refractivity contribution in [1.29, 1.82) is 0 Å².